The van der Waals surface area contributed by atoms with Crippen LogP contribution in [0.2, 0.25) is 0 Å². The summed E-state index contributed by atoms with van der Waals surface area (Å²) in [6, 6.07) is 18.5. The number of hydrogen-bond acceptors (Lipinski definition) is 5. The third-order valence-electron chi connectivity index (χ3n) is 9.12. The SMILES string of the molecule is CN=CC1(NC(=O)CN2C(=O)N(Cc3ccc(OC)cc3)CC23CCC(c2ccccc2)(N(C)C)CC3)CC1. The maximum atomic E-state index is 13.9. The van der Waals surface area contributed by atoms with Crippen molar-refractivity contribution in [2.75, 3.05) is 41.3 Å². The first-order chi connectivity index (χ1) is 18.7. The van der Waals surface area contributed by atoms with Crippen molar-refractivity contribution < 1.29 is 14.3 Å². The number of carbonyl (C=O) groups excluding carboxylic acids is 2. The van der Waals surface area contributed by atoms with Crippen LogP contribution in [0.3, 0.4) is 0 Å². The molecular weight excluding hydrogens is 490 g/mol. The topological polar surface area (TPSA) is 77.5 Å². The van der Waals surface area contributed by atoms with Gasteiger partial charge < -0.3 is 19.9 Å². The summed E-state index contributed by atoms with van der Waals surface area (Å²) < 4.78 is 5.30. The first kappa shape index (κ1) is 27.2. The van der Waals surface area contributed by atoms with Gasteiger partial charge in [0.05, 0.1) is 18.2 Å². The Balaban J connectivity index is 1.39. The van der Waals surface area contributed by atoms with Gasteiger partial charge in [0, 0.05) is 31.9 Å². The Hall–Kier alpha value is -3.39. The van der Waals surface area contributed by atoms with E-state index in [9.17, 15) is 9.59 Å². The minimum absolute atomic E-state index is 0.0629. The summed E-state index contributed by atoms with van der Waals surface area (Å²) in [6.07, 6.45) is 7.10. The molecule has 0 unspecified atom stereocenters. The van der Waals surface area contributed by atoms with E-state index in [-0.39, 0.29) is 35.1 Å². The van der Waals surface area contributed by atoms with Crippen molar-refractivity contribution in [3.8, 4) is 5.75 Å². The summed E-state index contributed by atoms with van der Waals surface area (Å²) in [4.78, 5) is 37.5. The number of rotatable bonds is 9. The lowest BCUT2D eigenvalue weighted by Gasteiger charge is -2.51. The van der Waals surface area contributed by atoms with Crippen molar-refractivity contribution in [2.24, 2.45) is 4.99 Å². The molecule has 0 bridgehead atoms. The zero-order chi connectivity index (χ0) is 27.7. The smallest absolute Gasteiger partial charge is 0.321 e. The molecule has 0 aromatic heterocycles. The molecule has 2 aliphatic carbocycles. The Labute approximate surface area is 232 Å². The maximum absolute atomic E-state index is 13.9. The molecule has 1 N–H and O–H groups in total. The van der Waals surface area contributed by atoms with Crippen molar-refractivity contribution in [3.63, 3.8) is 0 Å². The van der Waals surface area contributed by atoms with Crippen molar-refractivity contribution in [1.82, 2.24) is 20.0 Å². The number of hydrogen-bond donors (Lipinski definition) is 1. The van der Waals surface area contributed by atoms with E-state index in [4.69, 9.17) is 4.74 Å². The van der Waals surface area contributed by atoms with Crippen molar-refractivity contribution in [2.45, 2.75) is 61.7 Å². The molecule has 1 spiro atoms. The average Bonchev–Trinajstić information content (AvgIpc) is 3.65. The summed E-state index contributed by atoms with van der Waals surface area (Å²) in [7, 11) is 7.68. The molecular formula is C31H41N5O3. The van der Waals surface area contributed by atoms with E-state index in [1.54, 1.807) is 14.2 Å². The van der Waals surface area contributed by atoms with Crippen LogP contribution < -0.4 is 10.1 Å². The van der Waals surface area contributed by atoms with Crippen LogP contribution in [0.4, 0.5) is 4.79 Å². The van der Waals surface area contributed by atoms with E-state index in [2.05, 4.69) is 59.6 Å². The van der Waals surface area contributed by atoms with Crippen LogP contribution in [0.15, 0.2) is 59.6 Å². The molecule has 8 heteroatoms. The Morgan fingerprint density at radius 2 is 1.69 bits per heavy atom. The van der Waals surface area contributed by atoms with Gasteiger partial charge in [0.1, 0.15) is 12.3 Å². The molecule has 1 saturated heterocycles. The van der Waals surface area contributed by atoms with E-state index >= 15 is 0 Å². The number of nitrogens with one attached hydrogen (secondary N) is 1. The molecule has 3 fully saturated rings. The van der Waals surface area contributed by atoms with Crippen molar-refractivity contribution >= 4 is 18.2 Å². The Bertz CT molecular complexity index is 1200. The van der Waals surface area contributed by atoms with Crippen LogP contribution in [0.1, 0.15) is 49.7 Å². The van der Waals surface area contributed by atoms with Crippen LogP contribution in [-0.4, -0.2) is 85.3 Å². The molecule has 5 rings (SSSR count). The third-order valence-corrected chi connectivity index (χ3v) is 9.12. The van der Waals surface area contributed by atoms with E-state index in [0.717, 1.165) is 49.8 Å². The minimum atomic E-state index is -0.384. The van der Waals surface area contributed by atoms with Gasteiger partial charge >= 0.3 is 6.03 Å². The van der Waals surface area contributed by atoms with Gasteiger partial charge in [0.15, 0.2) is 0 Å². The van der Waals surface area contributed by atoms with Crippen molar-refractivity contribution in [1.29, 1.82) is 0 Å². The lowest BCUT2D eigenvalue weighted by molar-refractivity contribution is -0.123. The minimum Gasteiger partial charge on any atom is -0.497 e. The number of nitrogens with zero attached hydrogens (tertiary/aromatic N) is 4. The quantitative estimate of drug-likeness (QED) is 0.496. The van der Waals surface area contributed by atoms with Gasteiger partial charge in [-0.3, -0.25) is 14.7 Å². The molecule has 3 aliphatic rings. The molecule has 1 aliphatic heterocycles. The maximum Gasteiger partial charge on any atom is 0.321 e. The number of methoxy groups -OCH3 is 1. The van der Waals surface area contributed by atoms with Gasteiger partial charge in [-0.2, -0.15) is 0 Å². The monoisotopic (exact) mass is 531 g/mol. The first-order valence-electron chi connectivity index (χ1n) is 13.9. The highest BCUT2D eigenvalue weighted by Gasteiger charge is 2.55. The number of aliphatic imine (C=N–C) groups is 1. The molecule has 1 heterocycles. The highest BCUT2D eigenvalue weighted by molar-refractivity contribution is 5.90. The second-order valence-corrected chi connectivity index (χ2v) is 11.7. The van der Waals surface area contributed by atoms with Gasteiger partial charge in [0.2, 0.25) is 5.91 Å². The van der Waals surface area contributed by atoms with E-state index < -0.39 is 0 Å². The highest BCUT2D eigenvalue weighted by atomic mass is 16.5. The molecule has 39 heavy (non-hydrogen) atoms. The Morgan fingerprint density at radius 1 is 1.03 bits per heavy atom. The summed E-state index contributed by atoms with van der Waals surface area (Å²) in [5.41, 5.74) is 1.53. The van der Waals surface area contributed by atoms with Crippen LogP contribution >= 0.6 is 0 Å². The predicted octanol–water partition coefficient (Wildman–Crippen LogP) is 4.05. The highest BCUT2D eigenvalue weighted by Crippen LogP contribution is 2.49. The average molecular weight is 532 g/mol. The normalized spacial score (nSPS) is 26.0. The molecule has 208 valence electrons. The predicted molar refractivity (Wildman–Crippen MR) is 153 cm³/mol. The van der Waals surface area contributed by atoms with Crippen LogP contribution in [0.25, 0.3) is 0 Å². The Kier molecular flexibility index (Phi) is 7.42. The van der Waals surface area contributed by atoms with Gasteiger partial charge in [-0.25, -0.2) is 4.79 Å². The summed E-state index contributed by atoms with van der Waals surface area (Å²) in [5, 5.41) is 3.15. The third kappa shape index (κ3) is 5.26. The van der Waals surface area contributed by atoms with Gasteiger partial charge in [-0.15, -0.1) is 0 Å². The molecule has 2 aromatic rings. The number of urea groups is 1. The summed E-state index contributed by atoms with van der Waals surface area (Å²) >= 11 is 0. The zero-order valence-electron chi connectivity index (χ0n) is 23.7. The lowest BCUT2D eigenvalue weighted by atomic mass is 9.68. The van der Waals surface area contributed by atoms with Crippen molar-refractivity contribution in [3.05, 3.63) is 65.7 Å². The van der Waals surface area contributed by atoms with E-state index in [1.807, 2.05) is 40.3 Å². The molecule has 2 saturated carbocycles. The lowest BCUT2D eigenvalue weighted by Crippen LogP contribution is -2.57. The number of benzene rings is 2. The largest absolute Gasteiger partial charge is 0.497 e. The number of carbonyl (C=O) groups is 2. The second-order valence-electron chi connectivity index (χ2n) is 11.7. The van der Waals surface area contributed by atoms with Gasteiger partial charge in [-0.1, -0.05) is 42.5 Å². The fourth-order valence-electron chi connectivity index (χ4n) is 6.62. The second kappa shape index (κ2) is 10.6. The molecule has 8 nitrogen and oxygen atoms in total. The van der Waals surface area contributed by atoms with E-state index in [0.29, 0.717) is 13.1 Å². The Morgan fingerprint density at radius 3 is 2.26 bits per heavy atom. The molecule has 3 amide bonds. The molecule has 0 atom stereocenters. The van der Waals surface area contributed by atoms with Gasteiger partial charge in [-0.05, 0) is 75.9 Å². The fourth-order valence-corrected chi connectivity index (χ4v) is 6.62. The summed E-state index contributed by atoms with van der Waals surface area (Å²) in [6.45, 7) is 1.19. The van der Waals surface area contributed by atoms with E-state index in [1.165, 1.54) is 5.56 Å². The molecule has 0 radical (unpaired) electrons. The van der Waals surface area contributed by atoms with Crippen LogP contribution in [-0.2, 0) is 16.9 Å². The van der Waals surface area contributed by atoms with Crippen LogP contribution in [0, 0.1) is 0 Å². The number of amides is 3. The van der Waals surface area contributed by atoms with Crippen LogP contribution in [0.5, 0.6) is 5.75 Å². The summed E-state index contributed by atoms with van der Waals surface area (Å²) in [5.74, 6) is 0.679. The van der Waals surface area contributed by atoms with Gasteiger partial charge in [0.25, 0.3) is 0 Å². The standard InChI is InChI=1S/C31H41N5O3/c1-32-22-29(14-15-29)33-27(37)21-36-28(38)35(20-24-10-12-26(39-4)13-11-24)23-30(36)16-18-31(19-17-30,34(2)3)25-8-6-5-7-9-25/h5-13,22H,14-21,23H2,1-4H3,(H,33,37). The number of ether oxygens (including phenoxy) is 1. The zero-order valence-corrected chi connectivity index (χ0v) is 23.7. The first-order valence-corrected chi connectivity index (χ1v) is 13.9. The molecule has 2 aromatic carbocycles. The fraction of sp³-hybridized carbons (Fsp3) is 0.516.